The van der Waals surface area contributed by atoms with Crippen molar-refractivity contribution in [1.29, 1.82) is 0 Å². The number of carbonyl (C=O) groups is 1. The summed E-state index contributed by atoms with van der Waals surface area (Å²) in [4.78, 5) is 14.1. The molecule has 0 aliphatic carbocycles. The lowest BCUT2D eigenvalue weighted by molar-refractivity contribution is -0.137. The third-order valence-electron chi connectivity index (χ3n) is 3.55. The average molecular weight is 248 g/mol. The number of rotatable bonds is 3. The average Bonchev–Trinajstić information content (AvgIpc) is 2.46. The zero-order valence-corrected chi connectivity index (χ0v) is 10.5. The van der Waals surface area contributed by atoms with Crippen molar-refractivity contribution in [2.24, 2.45) is 5.73 Å². The zero-order valence-electron chi connectivity index (χ0n) is 10.5. The van der Waals surface area contributed by atoms with Gasteiger partial charge in [-0.25, -0.2) is 0 Å². The Balaban J connectivity index is 2.10. The fourth-order valence-corrected chi connectivity index (χ4v) is 2.46. The highest BCUT2D eigenvalue weighted by atomic mass is 16.3. The van der Waals surface area contributed by atoms with Gasteiger partial charge in [0, 0.05) is 6.54 Å². The van der Waals surface area contributed by atoms with Gasteiger partial charge in [-0.3, -0.25) is 4.79 Å². The number of hydrogen-bond donors (Lipinski definition) is 2. The van der Waals surface area contributed by atoms with Crippen molar-refractivity contribution in [2.75, 3.05) is 13.2 Å². The smallest absolute Gasteiger partial charge is 0.244 e. The molecule has 0 saturated carbocycles. The van der Waals surface area contributed by atoms with Crippen LogP contribution >= 0.6 is 0 Å². The Hall–Kier alpha value is -1.39. The normalized spacial score (nSPS) is 21.7. The monoisotopic (exact) mass is 248 g/mol. The van der Waals surface area contributed by atoms with Gasteiger partial charge in [0.05, 0.1) is 12.6 Å². The van der Waals surface area contributed by atoms with Gasteiger partial charge in [-0.1, -0.05) is 30.3 Å². The van der Waals surface area contributed by atoms with Gasteiger partial charge in [0.1, 0.15) is 6.04 Å². The minimum Gasteiger partial charge on any atom is -0.394 e. The molecule has 1 aromatic rings. The number of hydrogen-bond acceptors (Lipinski definition) is 3. The lowest BCUT2D eigenvalue weighted by Crippen LogP contribution is -2.49. The SMILES string of the molecule is N[C@@H](C(=O)N1CCCCC1CO)c1ccccc1. The Morgan fingerprint density at radius 2 is 2.11 bits per heavy atom. The Morgan fingerprint density at radius 1 is 1.39 bits per heavy atom. The van der Waals surface area contributed by atoms with Gasteiger partial charge in [0.25, 0.3) is 0 Å². The van der Waals surface area contributed by atoms with Crippen LogP contribution in [0.15, 0.2) is 30.3 Å². The first-order valence-electron chi connectivity index (χ1n) is 6.46. The van der Waals surface area contributed by atoms with E-state index in [4.69, 9.17) is 5.73 Å². The van der Waals surface area contributed by atoms with E-state index in [1.807, 2.05) is 30.3 Å². The first-order chi connectivity index (χ1) is 8.74. The molecule has 2 rings (SSSR count). The van der Waals surface area contributed by atoms with Crippen molar-refractivity contribution >= 4 is 5.91 Å². The van der Waals surface area contributed by atoms with Gasteiger partial charge in [-0.15, -0.1) is 0 Å². The van der Waals surface area contributed by atoms with Crippen molar-refractivity contribution in [3.63, 3.8) is 0 Å². The van der Waals surface area contributed by atoms with E-state index in [0.29, 0.717) is 6.54 Å². The largest absolute Gasteiger partial charge is 0.394 e. The third-order valence-corrected chi connectivity index (χ3v) is 3.55. The number of aliphatic hydroxyl groups excluding tert-OH is 1. The van der Waals surface area contributed by atoms with Crippen molar-refractivity contribution in [3.05, 3.63) is 35.9 Å². The first kappa shape index (κ1) is 13.1. The zero-order chi connectivity index (χ0) is 13.0. The number of benzene rings is 1. The van der Waals surface area contributed by atoms with Gasteiger partial charge < -0.3 is 15.7 Å². The molecule has 3 N–H and O–H groups in total. The number of amides is 1. The quantitative estimate of drug-likeness (QED) is 0.840. The van der Waals surface area contributed by atoms with Gasteiger partial charge in [0.15, 0.2) is 0 Å². The number of likely N-dealkylation sites (tertiary alicyclic amines) is 1. The predicted octanol–water partition coefficient (Wildman–Crippen LogP) is 1.06. The third kappa shape index (κ3) is 2.71. The second-order valence-corrected chi connectivity index (χ2v) is 4.75. The Kier molecular flexibility index (Phi) is 4.33. The maximum absolute atomic E-state index is 12.4. The molecule has 4 heteroatoms. The fourth-order valence-electron chi connectivity index (χ4n) is 2.46. The van der Waals surface area contributed by atoms with E-state index in [1.54, 1.807) is 4.90 Å². The molecule has 0 spiro atoms. The standard InChI is InChI=1S/C14H20N2O2/c15-13(11-6-2-1-3-7-11)14(18)16-9-5-4-8-12(16)10-17/h1-3,6-7,12-13,17H,4-5,8-10,15H2/t12?,13-/m1/s1. The van der Waals surface area contributed by atoms with E-state index in [-0.39, 0.29) is 18.6 Å². The van der Waals surface area contributed by atoms with E-state index in [9.17, 15) is 9.90 Å². The molecule has 1 saturated heterocycles. The molecule has 18 heavy (non-hydrogen) atoms. The van der Waals surface area contributed by atoms with Gasteiger partial charge in [-0.05, 0) is 24.8 Å². The lowest BCUT2D eigenvalue weighted by Gasteiger charge is -2.36. The highest BCUT2D eigenvalue weighted by Gasteiger charge is 2.29. The molecule has 1 unspecified atom stereocenters. The summed E-state index contributed by atoms with van der Waals surface area (Å²) in [6.07, 6.45) is 2.92. The number of piperidine rings is 1. The summed E-state index contributed by atoms with van der Waals surface area (Å²) in [5.41, 5.74) is 6.84. The molecule has 2 atom stereocenters. The minimum atomic E-state index is -0.627. The molecule has 1 aliphatic heterocycles. The molecule has 1 fully saturated rings. The first-order valence-corrected chi connectivity index (χ1v) is 6.46. The van der Waals surface area contributed by atoms with Crippen molar-refractivity contribution in [3.8, 4) is 0 Å². The Morgan fingerprint density at radius 3 is 2.78 bits per heavy atom. The van der Waals surface area contributed by atoms with Crippen LogP contribution in [0, 0.1) is 0 Å². The van der Waals surface area contributed by atoms with Crippen LogP contribution in [0.3, 0.4) is 0 Å². The Bertz CT molecular complexity index is 394. The van der Waals surface area contributed by atoms with Crippen molar-refractivity contribution in [2.45, 2.75) is 31.3 Å². The molecule has 1 aliphatic rings. The summed E-state index contributed by atoms with van der Waals surface area (Å²) in [6.45, 7) is 0.720. The van der Waals surface area contributed by atoms with E-state index in [0.717, 1.165) is 24.8 Å². The van der Waals surface area contributed by atoms with Crippen LogP contribution in [0.5, 0.6) is 0 Å². The summed E-state index contributed by atoms with van der Waals surface area (Å²) in [6, 6.07) is 8.68. The molecule has 0 aromatic heterocycles. The number of nitrogens with two attached hydrogens (primary N) is 1. The van der Waals surface area contributed by atoms with Gasteiger partial charge in [0.2, 0.25) is 5.91 Å². The van der Waals surface area contributed by atoms with Gasteiger partial charge in [-0.2, -0.15) is 0 Å². The molecule has 1 amide bonds. The molecular weight excluding hydrogens is 228 g/mol. The van der Waals surface area contributed by atoms with Crippen molar-refractivity contribution in [1.82, 2.24) is 4.90 Å². The predicted molar refractivity (Wildman–Crippen MR) is 69.8 cm³/mol. The van der Waals surface area contributed by atoms with E-state index < -0.39 is 6.04 Å². The molecular formula is C14H20N2O2. The highest BCUT2D eigenvalue weighted by molar-refractivity contribution is 5.83. The van der Waals surface area contributed by atoms with E-state index in [1.165, 1.54) is 0 Å². The second kappa shape index (κ2) is 5.98. The summed E-state index contributed by atoms with van der Waals surface area (Å²) < 4.78 is 0. The molecule has 1 heterocycles. The summed E-state index contributed by atoms with van der Waals surface area (Å²) in [5.74, 6) is -0.0834. The van der Waals surface area contributed by atoms with E-state index in [2.05, 4.69) is 0 Å². The minimum absolute atomic E-state index is 0.0211. The van der Waals surface area contributed by atoms with Crippen LogP contribution in [-0.4, -0.2) is 35.1 Å². The van der Waals surface area contributed by atoms with Crippen LogP contribution in [0.25, 0.3) is 0 Å². The molecule has 4 nitrogen and oxygen atoms in total. The van der Waals surface area contributed by atoms with Gasteiger partial charge >= 0.3 is 0 Å². The fraction of sp³-hybridized carbons (Fsp3) is 0.500. The highest BCUT2D eigenvalue weighted by Crippen LogP contribution is 2.21. The molecule has 0 radical (unpaired) electrons. The molecule has 98 valence electrons. The van der Waals surface area contributed by atoms with E-state index >= 15 is 0 Å². The van der Waals surface area contributed by atoms with Crippen LogP contribution in [-0.2, 0) is 4.79 Å². The lowest BCUT2D eigenvalue weighted by atomic mass is 9.99. The number of nitrogens with zero attached hydrogens (tertiary/aromatic N) is 1. The van der Waals surface area contributed by atoms with Crippen LogP contribution in [0.4, 0.5) is 0 Å². The summed E-state index contributed by atoms with van der Waals surface area (Å²) in [7, 11) is 0. The summed E-state index contributed by atoms with van der Waals surface area (Å²) >= 11 is 0. The van der Waals surface area contributed by atoms with Crippen LogP contribution in [0.1, 0.15) is 30.9 Å². The Labute approximate surface area is 107 Å². The number of carbonyl (C=O) groups excluding carboxylic acids is 1. The van der Waals surface area contributed by atoms with Crippen LogP contribution < -0.4 is 5.73 Å². The molecule has 1 aromatic carbocycles. The summed E-state index contributed by atoms with van der Waals surface area (Å²) in [5, 5.41) is 9.33. The number of aliphatic hydroxyl groups is 1. The van der Waals surface area contributed by atoms with Crippen molar-refractivity contribution < 1.29 is 9.90 Å². The van der Waals surface area contributed by atoms with Crippen LogP contribution in [0.2, 0.25) is 0 Å². The maximum Gasteiger partial charge on any atom is 0.244 e. The topological polar surface area (TPSA) is 66.6 Å². The molecule has 0 bridgehead atoms. The second-order valence-electron chi connectivity index (χ2n) is 4.75. The maximum atomic E-state index is 12.4.